The summed E-state index contributed by atoms with van der Waals surface area (Å²) >= 11 is 1.48. The summed E-state index contributed by atoms with van der Waals surface area (Å²) in [5, 5.41) is 10.8. The minimum atomic E-state index is -4.35. The molecule has 1 aliphatic heterocycles. The second-order valence-corrected chi connectivity index (χ2v) is 13.1. The fourth-order valence-corrected chi connectivity index (χ4v) is 6.81. The average Bonchev–Trinajstić information content (AvgIpc) is 3.34. The van der Waals surface area contributed by atoms with Gasteiger partial charge >= 0.3 is 11.9 Å². The zero-order valence-electron chi connectivity index (χ0n) is 24.8. The lowest BCUT2D eigenvalue weighted by molar-refractivity contribution is -0.671. The van der Waals surface area contributed by atoms with Crippen molar-refractivity contribution in [2.45, 2.75) is 42.0 Å². The van der Waals surface area contributed by atoms with Gasteiger partial charge in [0.05, 0.1) is 33.7 Å². The minimum absolute atomic E-state index is 0.171. The number of carbonyl (C=O) groups is 2. The molecule has 45 heavy (non-hydrogen) atoms. The van der Waals surface area contributed by atoms with Crippen molar-refractivity contribution in [3.05, 3.63) is 107 Å². The van der Waals surface area contributed by atoms with Crippen LogP contribution in [-0.4, -0.2) is 44.2 Å². The van der Waals surface area contributed by atoms with Crippen LogP contribution in [0.2, 0.25) is 0 Å². The highest BCUT2D eigenvalue weighted by Crippen LogP contribution is 2.47. The molecular formula is C34H33N2O7S2+. The van der Waals surface area contributed by atoms with Crippen molar-refractivity contribution in [1.82, 2.24) is 0 Å². The highest BCUT2D eigenvalue weighted by molar-refractivity contribution is 8.03. The molecule has 3 aromatic carbocycles. The number of carboxylic acids is 1. The second-order valence-electron chi connectivity index (χ2n) is 10.6. The molecule has 232 valence electrons. The average molecular weight is 646 g/mol. The van der Waals surface area contributed by atoms with Crippen molar-refractivity contribution in [3.8, 4) is 0 Å². The Morgan fingerprint density at radius 3 is 2.42 bits per heavy atom. The van der Waals surface area contributed by atoms with Crippen molar-refractivity contribution in [2.75, 3.05) is 19.1 Å². The van der Waals surface area contributed by atoms with Crippen LogP contribution in [0.3, 0.4) is 0 Å². The van der Waals surface area contributed by atoms with Gasteiger partial charge in [0, 0.05) is 36.9 Å². The summed E-state index contributed by atoms with van der Waals surface area (Å²) in [7, 11) is -1.17. The number of aryl methyl sites for hydroxylation is 1. The lowest BCUT2D eigenvalue weighted by Crippen LogP contribution is -2.34. The van der Waals surface area contributed by atoms with E-state index in [-0.39, 0.29) is 11.3 Å². The van der Waals surface area contributed by atoms with Gasteiger partial charge in [-0.2, -0.15) is 13.0 Å². The molecule has 0 bridgehead atoms. The largest absolute Gasteiger partial charge is 0.481 e. The number of benzene rings is 3. The molecule has 5 rings (SSSR count). The van der Waals surface area contributed by atoms with Gasteiger partial charge in [-0.3, -0.25) is 9.35 Å². The van der Waals surface area contributed by atoms with Gasteiger partial charge in [0.2, 0.25) is 5.52 Å². The van der Waals surface area contributed by atoms with E-state index in [2.05, 4.69) is 28.8 Å². The molecule has 1 aromatic heterocycles. The SMILES string of the molecule is COC(=O)c1ccc(C(=Cc2cc[n+](CCCCCC(=O)O)c3ccccc23)C=C2Sc3ccc(S(=O)(=O)O)cc3N2C)cc1. The molecule has 0 atom stereocenters. The molecule has 9 nitrogen and oxygen atoms in total. The lowest BCUT2D eigenvalue weighted by atomic mass is 9.99. The standard InChI is InChI=1S/C34H32N2O7S2/c1-35-30-22-27(45(40,41)42)15-16-31(30)44-32(35)21-26(23-11-13-24(14-12-23)34(39)43-2)20-25-17-19-36(18-7-3-4-10-33(37)38)29-9-6-5-8-28(25)29/h5-6,8-9,11-17,19-22H,3-4,7,10,18H2,1-2H3,(H-,37,38,40,41,42)/p+1. The van der Waals surface area contributed by atoms with E-state index in [9.17, 15) is 22.6 Å². The maximum absolute atomic E-state index is 12.1. The number of pyridine rings is 1. The molecule has 0 saturated heterocycles. The van der Waals surface area contributed by atoms with Crippen molar-refractivity contribution < 1.29 is 37.0 Å². The Balaban J connectivity index is 1.55. The van der Waals surface area contributed by atoms with E-state index in [1.807, 2.05) is 48.5 Å². The Labute approximate surface area is 266 Å². The molecule has 0 fully saturated rings. The number of carboxylic acid groups (broad SMARTS) is 1. The maximum Gasteiger partial charge on any atom is 0.337 e. The molecule has 0 radical (unpaired) electrons. The summed E-state index contributed by atoms with van der Waals surface area (Å²) in [6.45, 7) is 0.765. The first-order valence-electron chi connectivity index (χ1n) is 14.3. The molecule has 0 aliphatic carbocycles. The number of methoxy groups -OCH3 is 1. The van der Waals surface area contributed by atoms with Crippen LogP contribution < -0.4 is 9.47 Å². The van der Waals surface area contributed by atoms with Crippen molar-refractivity contribution >= 4 is 62.1 Å². The summed E-state index contributed by atoms with van der Waals surface area (Å²) in [6, 6.07) is 21.9. The van der Waals surface area contributed by atoms with E-state index in [1.54, 1.807) is 18.2 Å². The van der Waals surface area contributed by atoms with Gasteiger partial charge < -0.3 is 14.7 Å². The van der Waals surface area contributed by atoms with Crippen LogP contribution in [0.25, 0.3) is 22.6 Å². The molecule has 11 heteroatoms. The molecule has 2 N–H and O–H groups in total. The predicted molar refractivity (Wildman–Crippen MR) is 174 cm³/mol. The van der Waals surface area contributed by atoms with E-state index >= 15 is 0 Å². The third kappa shape index (κ3) is 7.44. The van der Waals surface area contributed by atoms with E-state index < -0.39 is 22.1 Å². The summed E-state index contributed by atoms with van der Waals surface area (Å²) in [5.41, 5.74) is 4.85. The number of rotatable bonds is 11. The van der Waals surface area contributed by atoms with Gasteiger partial charge in [-0.05, 0) is 78.1 Å². The number of nitrogens with zero attached hydrogens (tertiary/aromatic N) is 2. The fourth-order valence-electron chi connectivity index (χ4n) is 5.22. The molecule has 0 amide bonds. The number of anilines is 1. The zero-order valence-corrected chi connectivity index (χ0v) is 26.5. The first-order chi connectivity index (χ1) is 21.5. The second kappa shape index (κ2) is 13.7. The first-order valence-corrected chi connectivity index (χ1v) is 16.6. The normalized spacial score (nSPS) is 14.2. The van der Waals surface area contributed by atoms with E-state index in [0.29, 0.717) is 17.7 Å². The number of allylic oxidation sites excluding steroid dienone is 2. The lowest BCUT2D eigenvalue weighted by Gasteiger charge is -2.15. The molecule has 1 aliphatic rings. The zero-order chi connectivity index (χ0) is 32.1. The molecule has 2 heterocycles. The van der Waals surface area contributed by atoms with Crippen LogP contribution in [0.15, 0.2) is 99.9 Å². The highest BCUT2D eigenvalue weighted by Gasteiger charge is 2.25. The predicted octanol–water partition coefficient (Wildman–Crippen LogP) is 6.43. The van der Waals surface area contributed by atoms with Gasteiger partial charge in [-0.15, -0.1) is 0 Å². The Bertz CT molecular complexity index is 1930. The molecule has 4 aromatic rings. The van der Waals surface area contributed by atoms with Crippen LogP contribution in [0.1, 0.15) is 47.2 Å². The van der Waals surface area contributed by atoms with Gasteiger partial charge in [0.25, 0.3) is 10.1 Å². The Morgan fingerprint density at radius 2 is 1.71 bits per heavy atom. The summed E-state index contributed by atoms with van der Waals surface area (Å²) in [6.07, 6.45) is 8.66. The van der Waals surface area contributed by atoms with Crippen LogP contribution >= 0.6 is 11.8 Å². The number of hydrogen-bond donors (Lipinski definition) is 2. The van der Waals surface area contributed by atoms with E-state index in [1.165, 1.54) is 31.0 Å². The summed E-state index contributed by atoms with van der Waals surface area (Å²) < 4.78 is 40.2. The summed E-state index contributed by atoms with van der Waals surface area (Å²) in [5.74, 6) is -1.20. The Kier molecular flexibility index (Phi) is 9.71. The fraction of sp³-hybridized carbons (Fsp3) is 0.206. The van der Waals surface area contributed by atoms with E-state index in [0.717, 1.165) is 56.9 Å². The number of thioether (sulfide) groups is 1. The van der Waals surface area contributed by atoms with Crippen molar-refractivity contribution in [2.24, 2.45) is 0 Å². The van der Waals surface area contributed by atoms with Gasteiger partial charge in [0.15, 0.2) is 6.20 Å². The van der Waals surface area contributed by atoms with Gasteiger partial charge in [-0.1, -0.05) is 36.0 Å². The first kappa shape index (κ1) is 32.0. The quantitative estimate of drug-likeness (QED) is 0.0822. The summed E-state index contributed by atoms with van der Waals surface area (Å²) in [4.78, 5) is 25.5. The van der Waals surface area contributed by atoms with Gasteiger partial charge in [0.1, 0.15) is 6.54 Å². The number of aromatic nitrogens is 1. The number of para-hydroxylation sites is 1. The van der Waals surface area contributed by atoms with E-state index in [4.69, 9.17) is 9.84 Å². The van der Waals surface area contributed by atoms with Crippen LogP contribution in [0.5, 0.6) is 0 Å². The number of hydrogen-bond acceptors (Lipinski definition) is 7. The Morgan fingerprint density at radius 1 is 0.978 bits per heavy atom. The van der Waals surface area contributed by atoms with Crippen LogP contribution in [-0.2, 0) is 26.2 Å². The topological polar surface area (TPSA) is 125 Å². The monoisotopic (exact) mass is 645 g/mol. The van der Waals surface area contributed by atoms with Gasteiger partial charge in [-0.25, -0.2) is 4.79 Å². The molecular weight excluding hydrogens is 613 g/mol. The minimum Gasteiger partial charge on any atom is -0.481 e. The van der Waals surface area contributed by atoms with Crippen molar-refractivity contribution in [3.63, 3.8) is 0 Å². The number of aliphatic carboxylic acids is 1. The molecule has 0 spiro atoms. The number of carbonyl (C=O) groups excluding carboxylic acids is 1. The number of ether oxygens (including phenoxy) is 1. The highest BCUT2D eigenvalue weighted by atomic mass is 32.2. The molecule has 0 saturated carbocycles. The van der Waals surface area contributed by atoms with Crippen LogP contribution in [0, 0.1) is 0 Å². The maximum atomic E-state index is 12.1. The smallest absolute Gasteiger partial charge is 0.337 e. The Hall–Kier alpha value is -4.45. The third-order valence-corrected chi connectivity index (χ3v) is 9.63. The number of esters is 1. The van der Waals surface area contributed by atoms with Crippen molar-refractivity contribution in [1.29, 1.82) is 0 Å². The third-order valence-electron chi connectivity index (χ3n) is 7.61. The van der Waals surface area contributed by atoms with Crippen LogP contribution in [0.4, 0.5) is 5.69 Å². The number of fused-ring (bicyclic) bond motifs is 2. The number of unbranched alkanes of at least 4 members (excludes halogenated alkanes) is 2. The molecule has 0 unspecified atom stereocenters.